The fraction of sp³-hybridized carbons (Fsp3) is 1.00. The highest BCUT2D eigenvalue weighted by molar-refractivity contribution is 4.59. The van der Waals surface area contributed by atoms with Crippen molar-refractivity contribution in [3.05, 3.63) is 0 Å². The average Bonchev–Trinajstić information content (AvgIpc) is 2.16. The zero-order valence-corrected chi connectivity index (χ0v) is 10.2. The topological polar surface area (TPSA) is 18.5 Å². The van der Waals surface area contributed by atoms with Gasteiger partial charge in [-0.1, -0.05) is 20.3 Å². The van der Waals surface area contributed by atoms with E-state index in [1.807, 2.05) is 13.8 Å². The van der Waals surface area contributed by atoms with Crippen molar-refractivity contribution >= 4 is 0 Å². The normalized spacial score (nSPS) is 11.6. The molecule has 0 rings (SSSR count). The Morgan fingerprint density at radius 1 is 0.857 bits per heavy atom. The highest BCUT2D eigenvalue weighted by Gasteiger charge is 2.09. The van der Waals surface area contributed by atoms with E-state index in [9.17, 15) is 0 Å². The smallest absolute Gasteiger partial charge is 0.0516 e. The molecule has 0 saturated carbocycles. The van der Waals surface area contributed by atoms with Crippen molar-refractivity contribution in [2.24, 2.45) is 11.8 Å². The first-order valence-corrected chi connectivity index (χ1v) is 5.86. The predicted molar refractivity (Wildman–Crippen MR) is 60.5 cm³/mol. The largest absolute Gasteiger partial charge is 0.381 e. The average molecular weight is 202 g/mol. The first kappa shape index (κ1) is 13.9. The SMILES string of the molecule is CCOCC(CCC(C)C)COCC. The van der Waals surface area contributed by atoms with Gasteiger partial charge in [0.2, 0.25) is 0 Å². The number of hydrogen-bond donors (Lipinski definition) is 0. The Morgan fingerprint density at radius 3 is 1.71 bits per heavy atom. The van der Waals surface area contributed by atoms with E-state index in [-0.39, 0.29) is 0 Å². The van der Waals surface area contributed by atoms with Gasteiger partial charge in [-0.15, -0.1) is 0 Å². The van der Waals surface area contributed by atoms with Crippen LogP contribution in [0.2, 0.25) is 0 Å². The van der Waals surface area contributed by atoms with Gasteiger partial charge >= 0.3 is 0 Å². The van der Waals surface area contributed by atoms with Crippen LogP contribution in [0, 0.1) is 11.8 Å². The highest BCUT2D eigenvalue weighted by atomic mass is 16.5. The van der Waals surface area contributed by atoms with Crippen LogP contribution in [0.3, 0.4) is 0 Å². The molecule has 0 unspecified atom stereocenters. The molecule has 0 aromatic rings. The molecule has 0 aliphatic rings. The second-order valence-corrected chi connectivity index (χ2v) is 4.16. The summed E-state index contributed by atoms with van der Waals surface area (Å²) in [6.45, 7) is 11.9. The van der Waals surface area contributed by atoms with E-state index >= 15 is 0 Å². The van der Waals surface area contributed by atoms with Crippen LogP contribution in [0.15, 0.2) is 0 Å². The van der Waals surface area contributed by atoms with Gasteiger partial charge in [0.15, 0.2) is 0 Å². The summed E-state index contributed by atoms with van der Waals surface area (Å²) in [5.41, 5.74) is 0. The fourth-order valence-electron chi connectivity index (χ4n) is 1.35. The van der Waals surface area contributed by atoms with Gasteiger partial charge in [-0.05, 0) is 26.2 Å². The van der Waals surface area contributed by atoms with Crippen molar-refractivity contribution in [2.45, 2.75) is 40.5 Å². The monoisotopic (exact) mass is 202 g/mol. The first-order chi connectivity index (χ1) is 6.70. The van der Waals surface area contributed by atoms with E-state index in [0.717, 1.165) is 32.3 Å². The van der Waals surface area contributed by atoms with Crippen molar-refractivity contribution in [2.75, 3.05) is 26.4 Å². The lowest BCUT2D eigenvalue weighted by molar-refractivity contribution is 0.0427. The van der Waals surface area contributed by atoms with Crippen LogP contribution in [-0.4, -0.2) is 26.4 Å². The molecular weight excluding hydrogens is 176 g/mol. The molecule has 0 N–H and O–H groups in total. The molecule has 0 amide bonds. The van der Waals surface area contributed by atoms with Crippen molar-refractivity contribution in [1.29, 1.82) is 0 Å². The summed E-state index contributed by atoms with van der Waals surface area (Å²) < 4.78 is 10.9. The molecule has 2 nitrogen and oxygen atoms in total. The summed E-state index contributed by atoms with van der Waals surface area (Å²) in [6.07, 6.45) is 2.49. The molecule has 0 heterocycles. The lowest BCUT2D eigenvalue weighted by Crippen LogP contribution is -2.17. The molecule has 0 bridgehead atoms. The molecule has 0 spiro atoms. The maximum Gasteiger partial charge on any atom is 0.0516 e. The Kier molecular flexibility index (Phi) is 9.42. The minimum atomic E-state index is 0.581. The third kappa shape index (κ3) is 8.52. The van der Waals surface area contributed by atoms with Gasteiger partial charge in [0.1, 0.15) is 0 Å². The zero-order valence-electron chi connectivity index (χ0n) is 10.2. The van der Waals surface area contributed by atoms with E-state index < -0.39 is 0 Å². The van der Waals surface area contributed by atoms with E-state index in [2.05, 4.69) is 13.8 Å². The Balaban J connectivity index is 3.60. The molecular formula is C12H26O2. The van der Waals surface area contributed by atoms with E-state index in [0.29, 0.717) is 5.92 Å². The summed E-state index contributed by atoms with van der Waals surface area (Å²) in [6, 6.07) is 0. The number of hydrogen-bond acceptors (Lipinski definition) is 2. The van der Waals surface area contributed by atoms with Crippen molar-refractivity contribution in [3.63, 3.8) is 0 Å². The molecule has 0 fully saturated rings. The molecule has 0 aromatic carbocycles. The van der Waals surface area contributed by atoms with Gasteiger partial charge in [-0.3, -0.25) is 0 Å². The van der Waals surface area contributed by atoms with E-state index in [4.69, 9.17) is 9.47 Å². The summed E-state index contributed by atoms with van der Waals surface area (Å²) in [5, 5.41) is 0. The summed E-state index contributed by atoms with van der Waals surface area (Å²) in [5.74, 6) is 1.36. The van der Waals surface area contributed by atoms with Gasteiger partial charge in [0.05, 0.1) is 13.2 Å². The standard InChI is InChI=1S/C12H26O2/c1-5-13-9-12(10-14-6-2)8-7-11(3)4/h11-12H,5-10H2,1-4H3. The molecule has 0 atom stereocenters. The van der Waals surface area contributed by atoms with Crippen molar-refractivity contribution < 1.29 is 9.47 Å². The third-order valence-electron chi connectivity index (χ3n) is 2.27. The van der Waals surface area contributed by atoms with Crippen LogP contribution in [0.5, 0.6) is 0 Å². The van der Waals surface area contributed by atoms with Crippen molar-refractivity contribution in [1.82, 2.24) is 0 Å². The lowest BCUT2D eigenvalue weighted by Gasteiger charge is -2.17. The maximum absolute atomic E-state index is 5.44. The Labute approximate surface area is 89.0 Å². The Morgan fingerprint density at radius 2 is 1.36 bits per heavy atom. The lowest BCUT2D eigenvalue weighted by atomic mass is 9.99. The van der Waals surface area contributed by atoms with Crippen LogP contribution in [0.1, 0.15) is 40.5 Å². The summed E-state index contributed by atoms with van der Waals surface area (Å²) in [4.78, 5) is 0. The number of ether oxygens (including phenoxy) is 2. The number of rotatable bonds is 9. The summed E-state index contributed by atoms with van der Waals surface area (Å²) in [7, 11) is 0. The van der Waals surface area contributed by atoms with Crippen molar-refractivity contribution in [3.8, 4) is 0 Å². The Bertz CT molecular complexity index is 105. The molecule has 0 radical (unpaired) electrons. The van der Waals surface area contributed by atoms with Gasteiger partial charge in [-0.2, -0.15) is 0 Å². The minimum Gasteiger partial charge on any atom is -0.381 e. The second-order valence-electron chi connectivity index (χ2n) is 4.16. The van der Waals surface area contributed by atoms with Crippen LogP contribution >= 0.6 is 0 Å². The quantitative estimate of drug-likeness (QED) is 0.572. The van der Waals surface area contributed by atoms with Crippen LogP contribution in [0.4, 0.5) is 0 Å². The van der Waals surface area contributed by atoms with E-state index in [1.54, 1.807) is 0 Å². The molecule has 14 heavy (non-hydrogen) atoms. The van der Waals surface area contributed by atoms with Gasteiger partial charge in [0, 0.05) is 19.1 Å². The zero-order chi connectivity index (χ0) is 10.8. The van der Waals surface area contributed by atoms with Crippen LogP contribution in [0.25, 0.3) is 0 Å². The van der Waals surface area contributed by atoms with Gasteiger partial charge < -0.3 is 9.47 Å². The highest BCUT2D eigenvalue weighted by Crippen LogP contribution is 2.13. The fourth-order valence-corrected chi connectivity index (χ4v) is 1.35. The molecule has 0 aliphatic heterocycles. The molecule has 0 saturated heterocycles. The minimum absolute atomic E-state index is 0.581. The maximum atomic E-state index is 5.44. The Hall–Kier alpha value is -0.0800. The summed E-state index contributed by atoms with van der Waals surface area (Å²) >= 11 is 0. The molecule has 0 aliphatic carbocycles. The first-order valence-electron chi connectivity index (χ1n) is 5.86. The third-order valence-corrected chi connectivity index (χ3v) is 2.27. The van der Waals surface area contributed by atoms with Gasteiger partial charge in [0.25, 0.3) is 0 Å². The predicted octanol–water partition coefficient (Wildman–Crippen LogP) is 3.11. The van der Waals surface area contributed by atoms with Crippen LogP contribution < -0.4 is 0 Å². The molecule has 2 heteroatoms. The molecule has 0 aromatic heterocycles. The van der Waals surface area contributed by atoms with Crippen LogP contribution in [-0.2, 0) is 9.47 Å². The van der Waals surface area contributed by atoms with E-state index in [1.165, 1.54) is 12.8 Å². The van der Waals surface area contributed by atoms with Gasteiger partial charge in [-0.25, -0.2) is 0 Å². The molecule has 86 valence electrons. The second kappa shape index (κ2) is 9.47.